The fourth-order valence-corrected chi connectivity index (χ4v) is 3.17. The number of hydrogen-bond donors (Lipinski definition) is 1. The van der Waals surface area contributed by atoms with Crippen LogP contribution in [0.25, 0.3) is 0 Å². The smallest absolute Gasteiger partial charge is 0.0240 e. The van der Waals surface area contributed by atoms with E-state index in [2.05, 4.69) is 52.0 Å². The Morgan fingerprint density at radius 2 is 1.82 bits per heavy atom. The molecule has 0 bridgehead atoms. The Kier molecular flexibility index (Phi) is 5.46. The molecule has 0 aromatic heterocycles. The molecule has 0 heterocycles. The van der Waals surface area contributed by atoms with Gasteiger partial charge in [-0.2, -0.15) is 0 Å². The van der Waals surface area contributed by atoms with Crippen molar-refractivity contribution < 1.29 is 0 Å². The Balaban J connectivity index is 2.54. The molecule has 1 saturated carbocycles. The summed E-state index contributed by atoms with van der Waals surface area (Å²) in [4.78, 5) is 2.59. The quantitative estimate of drug-likeness (QED) is 0.812. The van der Waals surface area contributed by atoms with Gasteiger partial charge in [-0.1, -0.05) is 40.5 Å². The van der Waals surface area contributed by atoms with Crippen LogP contribution in [0.1, 0.15) is 53.4 Å². The summed E-state index contributed by atoms with van der Waals surface area (Å²) in [5, 5.41) is 3.49. The van der Waals surface area contributed by atoms with Crippen LogP contribution in [-0.2, 0) is 0 Å². The van der Waals surface area contributed by atoms with Gasteiger partial charge in [-0.25, -0.2) is 0 Å². The minimum atomic E-state index is 0.334. The van der Waals surface area contributed by atoms with Crippen molar-refractivity contribution in [2.75, 3.05) is 20.6 Å². The van der Waals surface area contributed by atoms with E-state index in [4.69, 9.17) is 0 Å². The normalized spacial score (nSPS) is 28.4. The summed E-state index contributed by atoms with van der Waals surface area (Å²) in [5.74, 6) is 0.867. The van der Waals surface area contributed by atoms with Crippen LogP contribution in [0.5, 0.6) is 0 Å². The van der Waals surface area contributed by atoms with Gasteiger partial charge in [0.1, 0.15) is 0 Å². The molecule has 1 rings (SSSR count). The van der Waals surface area contributed by atoms with E-state index in [0.29, 0.717) is 11.5 Å². The number of rotatable bonds is 4. The van der Waals surface area contributed by atoms with Gasteiger partial charge in [0.25, 0.3) is 0 Å². The second-order valence-electron chi connectivity index (χ2n) is 6.98. The molecule has 3 atom stereocenters. The first-order chi connectivity index (χ1) is 7.86. The monoisotopic (exact) mass is 240 g/mol. The van der Waals surface area contributed by atoms with E-state index in [1.807, 2.05) is 0 Å². The molecule has 0 aromatic rings. The third-order valence-corrected chi connectivity index (χ3v) is 4.50. The topological polar surface area (TPSA) is 15.3 Å². The molecule has 0 aliphatic heterocycles. The molecule has 0 saturated heterocycles. The predicted octanol–water partition coefficient (Wildman–Crippen LogP) is 3.13. The largest absolute Gasteiger partial charge is 0.315 e. The van der Waals surface area contributed by atoms with Crippen LogP contribution in [0, 0.1) is 11.3 Å². The summed E-state index contributed by atoms with van der Waals surface area (Å²) >= 11 is 0. The van der Waals surface area contributed by atoms with Crippen LogP contribution in [0.3, 0.4) is 0 Å². The fraction of sp³-hybridized carbons (Fsp3) is 1.00. The highest BCUT2D eigenvalue weighted by Gasteiger charge is 2.29. The van der Waals surface area contributed by atoms with Crippen molar-refractivity contribution in [3.05, 3.63) is 0 Å². The molecule has 3 unspecified atom stereocenters. The third-order valence-electron chi connectivity index (χ3n) is 4.50. The van der Waals surface area contributed by atoms with E-state index in [1.54, 1.807) is 0 Å². The van der Waals surface area contributed by atoms with Crippen molar-refractivity contribution >= 4 is 0 Å². The number of nitrogens with zero attached hydrogens (tertiary/aromatic N) is 1. The molecule has 2 nitrogen and oxygen atoms in total. The lowest BCUT2D eigenvalue weighted by atomic mass is 9.83. The van der Waals surface area contributed by atoms with Crippen LogP contribution in [0.2, 0.25) is 0 Å². The number of hydrogen-bond acceptors (Lipinski definition) is 2. The van der Waals surface area contributed by atoms with Crippen molar-refractivity contribution in [3.63, 3.8) is 0 Å². The second kappa shape index (κ2) is 6.19. The van der Waals surface area contributed by atoms with Crippen LogP contribution in [-0.4, -0.2) is 37.6 Å². The van der Waals surface area contributed by atoms with E-state index in [9.17, 15) is 0 Å². The molecule has 1 N–H and O–H groups in total. The molecule has 0 aromatic carbocycles. The molecule has 1 fully saturated rings. The molecular formula is C15H32N2. The van der Waals surface area contributed by atoms with Gasteiger partial charge >= 0.3 is 0 Å². The lowest BCUT2D eigenvalue weighted by Gasteiger charge is -2.41. The summed E-state index contributed by atoms with van der Waals surface area (Å²) in [6.07, 6.45) is 5.65. The molecule has 1 aliphatic carbocycles. The van der Waals surface area contributed by atoms with Crippen molar-refractivity contribution in [1.29, 1.82) is 0 Å². The second-order valence-corrected chi connectivity index (χ2v) is 6.98. The van der Waals surface area contributed by atoms with Gasteiger partial charge in [-0.15, -0.1) is 0 Å². The summed E-state index contributed by atoms with van der Waals surface area (Å²) < 4.78 is 0. The zero-order chi connectivity index (χ0) is 13.1. The van der Waals surface area contributed by atoms with Gasteiger partial charge in [-0.3, -0.25) is 0 Å². The van der Waals surface area contributed by atoms with Crippen LogP contribution >= 0.6 is 0 Å². The van der Waals surface area contributed by atoms with Gasteiger partial charge in [0.05, 0.1) is 0 Å². The molecule has 0 amide bonds. The summed E-state index contributed by atoms with van der Waals surface area (Å²) in [7, 11) is 4.40. The Labute approximate surface area is 108 Å². The standard InChI is InChI=1S/C15H32N2/c1-12-9-7-8-10-13(12)17(6)11-14(16-5)15(2,3)4/h12-14,16H,7-11H2,1-6H3. The molecule has 0 radical (unpaired) electrons. The SMILES string of the molecule is CNC(CN(C)C1CCCCC1C)C(C)(C)C. The lowest BCUT2D eigenvalue weighted by Crippen LogP contribution is -2.50. The molecule has 0 spiro atoms. The summed E-state index contributed by atoms with van der Waals surface area (Å²) in [6, 6.07) is 1.36. The average Bonchev–Trinajstić information content (AvgIpc) is 2.24. The average molecular weight is 240 g/mol. The summed E-state index contributed by atoms with van der Waals surface area (Å²) in [6.45, 7) is 10.6. The first kappa shape index (κ1) is 15.0. The molecule has 17 heavy (non-hydrogen) atoms. The van der Waals surface area contributed by atoms with Gasteiger partial charge in [0.15, 0.2) is 0 Å². The van der Waals surface area contributed by atoms with Crippen molar-refractivity contribution in [1.82, 2.24) is 10.2 Å². The number of nitrogens with one attached hydrogen (secondary N) is 1. The van der Waals surface area contributed by atoms with Crippen molar-refractivity contribution in [2.24, 2.45) is 11.3 Å². The van der Waals surface area contributed by atoms with Crippen molar-refractivity contribution in [3.8, 4) is 0 Å². The fourth-order valence-electron chi connectivity index (χ4n) is 3.17. The molecule has 2 heteroatoms. The Hall–Kier alpha value is -0.0800. The van der Waals surface area contributed by atoms with Gasteiger partial charge < -0.3 is 10.2 Å². The molecule has 102 valence electrons. The third kappa shape index (κ3) is 4.26. The van der Waals surface area contributed by atoms with E-state index in [1.165, 1.54) is 25.7 Å². The van der Waals surface area contributed by atoms with E-state index in [0.717, 1.165) is 18.5 Å². The minimum absolute atomic E-state index is 0.334. The van der Waals surface area contributed by atoms with Gasteiger partial charge in [0.2, 0.25) is 0 Å². The number of likely N-dealkylation sites (N-methyl/N-ethyl adjacent to an activating group) is 2. The Morgan fingerprint density at radius 1 is 1.24 bits per heavy atom. The Morgan fingerprint density at radius 3 is 2.29 bits per heavy atom. The highest BCUT2D eigenvalue weighted by atomic mass is 15.2. The van der Waals surface area contributed by atoms with E-state index >= 15 is 0 Å². The first-order valence-corrected chi connectivity index (χ1v) is 7.23. The maximum atomic E-state index is 3.49. The van der Waals surface area contributed by atoms with Gasteiger partial charge in [-0.05, 0) is 38.3 Å². The zero-order valence-corrected chi connectivity index (χ0v) is 12.7. The van der Waals surface area contributed by atoms with Gasteiger partial charge in [0, 0.05) is 18.6 Å². The van der Waals surface area contributed by atoms with E-state index < -0.39 is 0 Å². The predicted molar refractivity (Wildman–Crippen MR) is 76.4 cm³/mol. The lowest BCUT2D eigenvalue weighted by molar-refractivity contribution is 0.106. The molecule has 1 aliphatic rings. The minimum Gasteiger partial charge on any atom is -0.315 e. The van der Waals surface area contributed by atoms with Crippen molar-refractivity contribution in [2.45, 2.75) is 65.5 Å². The summed E-state index contributed by atoms with van der Waals surface area (Å²) in [5.41, 5.74) is 0.334. The van der Waals surface area contributed by atoms with E-state index in [-0.39, 0.29) is 0 Å². The zero-order valence-electron chi connectivity index (χ0n) is 12.7. The highest BCUT2D eigenvalue weighted by Crippen LogP contribution is 2.28. The van der Waals surface area contributed by atoms with Crippen LogP contribution in [0.4, 0.5) is 0 Å². The van der Waals surface area contributed by atoms with Crippen LogP contribution in [0.15, 0.2) is 0 Å². The highest BCUT2D eigenvalue weighted by molar-refractivity contribution is 4.86. The van der Waals surface area contributed by atoms with Crippen LogP contribution < -0.4 is 5.32 Å². The molecular weight excluding hydrogens is 208 g/mol. The maximum Gasteiger partial charge on any atom is 0.0240 e. The maximum absolute atomic E-state index is 3.49. The Bertz CT molecular complexity index is 219. The first-order valence-electron chi connectivity index (χ1n) is 7.23.